The summed E-state index contributed by atoms with van der Waals surface area (Å²) < 4.78 is 39.1. The molecule has 3 aromatic rings. The maximum atomic E-state index is 13.8. The summed E-state index contributed by atoms with van der Waals surface area (Å²) in [4.78, 5) is 28.0. The number of methoxy groups -OCH3 is 2. The second-order valence-electron chi connectivity index (χ2n) is 8.96. The molecule has 0 spiro atoms. The number of nitrogens with one attached hydrogen (secondary N) is 1. The molecule has 1 N–H and O–H groups in total. The fourth-order valence-corrected chi connectivity index (χ4v) is 5.36. The number of likely N-dealkylation sites (N-methyl/N-ethyl adjacent to an activating group) is 1. The van der Waals surface area contributed by atoms with Crippen LogP contribution in [0.1, 0.15) is 25.0 Å². The molecule has 10 heteroatoms. The van der Waals surface area contributed by atoms with Crippen LogP contribution in [0.3, 0.4) is 0 Å². The van der Waals surface area contributed by atoms with Crippen molar-refractivity contribution in [2.45, 2.75) is 38.3 Å². The first-order chi connectivity index (χ1) is 18.6. The summed E-state index contributed by atoms with van der Waals surface area (Å²) in [5.74, 6) is 0.305. The van der Waals surface area contributed by atoms with Gasteiger partial charge in [0.05, 0.1) is 24.8 Å². The van der Waals surface area contributed by atoms with Crippen LogP contribution >= 0.6 is 0 Å². The third-order valence-electron chi connectivity index (χ3n) is 6.28. The summed E-state index contributed by atoms with van der Waals surface area (Å²) in [6.07, 6.45) is 0. The Bertz CT molecular complexity index is 1360. The van der Waals surface area contributed by atoms with Crippen LogP contribution < -0.4 is 19.1 Å². The number of anilines is 1. The topological polar surface area (TPSA) is 105 Å². The average molecular weight is 554 g/mol. The van der Waals surface area contributed by atoms with Gasteiger partial charge in [-0.1, -0.05) is 29.8 Å². The molecule has 39 heavy (non-hydrogen) atoms. The molecule has 2 amide bonds. The van der Waals surface area contributed by atoms with E-state index in [1.54, 1.807) is 81.6 Å². The van der Waals surface area contributed by atoms with Gasteiger partial charge in [-0.3, -0.25) is 13.9 Å². The van der Waals surface area contributed by atoms with Crippen molar-refractivity contribution in [3.8, 4) is 11.5 Å². The maximum absolute atomic E-state index is 13.8. The Morgan fingerprint density at radius 3 is 1.92 bits per heavy atom. The zero-order valence-corrected chi connectivity index (χ0v) is 23.7. The van der Waals surface area contributed by atoms with Gasteiger partial charge in [-0.25, -0.2) is 8.42 Å². The standard InChI is InChI=1S/C29H35N3O6S/c1-6-30-29(34)22(3)31(19-23-9-13-25(37-4)14-10-23)28(33)20-32(24-11-7-21(2)8-12-24)39(35,36)27-17-15-26(38-5)16-18-27/h7-18,22H,6,19-20H2,1-5H3,(H,30,34). The van der Waals surface area contributed by atoms with E-state index in [2.05, 4.69) is 5.32 Å². The van der Waals surface area contributed by atoms with Gasteiger partial charge in [-0.05, 0) is 74.9 Å². The van der Waals surface area contributed by atoms with Crippen molar-refractivity contribution in [1.29, 1.82) is 0 Å². The highest BCUT2D eigenvalue weighted by Crippen LogP contribution is 2.26. The van der Waals surface area contributed by atoms with Gasteiger partial charge in [0.25, 0.3) is 10.0 Å². The Labute approximate surface area is 230 Å². The number of aryl methyl sites for hydroxylation is 1. The highest BCUT2D eigenvalue weighted by Gasteiger charge is 2.32. The number of ether oxygens (including phenoxy) is 2. The number of sulfonamides is 1. The maximum Gasteiger partial charge on any atom is 0.264 e. The molecule has 3 aromatic carbocycles. The van der Waals surface area contributed by atoms with Gasteiger partial charge in [0, 0.05) is 13.1 Å². The fourth-order valence-electron chi connectivity index (χ4n) is 3.95. The number of hydrogen-bond acceptors (Lipinski definition) is 6. The summed E-state index contributed by atoms with van der Waals surface area (Å²) in [5.41, 5.74) is 2.04. The summed E-state index contributed by atoms with van der Waals surface area (Å²) in [7, 11) is -1.09. The number of hydrogen-bond donors (Lipinski definition) is 1. The Kier molecular flexibility index (Phi) is 9.95. The van der Waals surface area contributed by atoms with Gasteiger partial charge in [-0.15, -0.1) is 0 Å². The van der Waals surface area contributed by atoms with Crippen LogP contribution in [0.2, 0.25) is 0 Å². The lowest BCUT2D eigenvalue weighted by atomic mass is 10.1. The van der Waals surface area contributed by atoms with Crippen LogP contribution in [-0.4, -0.2) is 58.5 Å². The quantitative estimate of drug-likeness (QED) is 0.366. The number of carbonyl (C=O) groups is 2. The first-order valence-corrected chi connectivity index (χ1v) is 14.0. The van der Waals surface area contributed by atoms with Gasteiger partial charge in [-0.2, -0.15) is 0 Å². The van der Waals surface area contributed by atoms with Crippen LogP contribution in [0, 0.1) is 6.92 Å². The molecule has 0 heterocycles. The van der Waals surface area contributed by atoms with Gasteiger partial charge < -0.3 is 19.7 Å². The van der Waals surface area contributed by atoms with Crippen molar-refractivity contribution < 1.29 is 27.5 Å². The summed E-state index contributed by atoms with van der Waals surface area (Å²) in [6, 6.07) is 19.1. The zero-order valence-electron chi connectivity index (χ0n) is 22.9. The van der Waals surface area contributed by atoms with E-state index < -0.39 is 28.5 Å². The van der Waals surface area contributed by atoms with Crippen LogP contribution in [0.25, 0.3) is 0 Å². The molecule has 208 valence electrons. The van der Waals surface area contributed by atoms with E-state index in [1.807, 2.05) is 6.92 Å². The van der Waals surface area contributed by atoms with Crippen LogP contribution in [0.15, 0.2) is 77.7 Å². The minimum absolute atomic E-state index is 0.00940. The number of amides is 2. The van der Waals surface area contributed by atoms with Crippen LogP contribution in [-0.2, 0) is 26.2 Å². The highest BCUT2D eigenvalue weighted by molar-refractivity contribution is 7.92. The third kappa shape index (κ3) is 7.29. The summed E-state index contributed by atoms with van der Waals surface area (Å²) in [6.45, 7) is 5.31. The van der Waals surface area contributed by atoms with Crippen LogP contribution in [0.4, 0.5) is 5.69 Å². The molecule has 0 aliphatic carbocycles. The third-order valence-corrected chi connectivity index (χ3v) is 8.07. The molecule has 1 unspecified atom stereocenters. The summed E-state index contributed by atoms with van der Waals surface area (Å²) in [5, 5.41) is 2.75. The Balaban J connectivity index is 2.01. The molecule has 9 nitrogen and oxygen atoms in total. The highest BCUT2D eigenvalue weighted by atomic mass is 32.2. The van der Waals surface area contributed by atoms with Crippen molar-refractivity contribution in [3.63, 3.8) is 0 Å². The van der Waals surface area contributed by atoms with Crippen LogP contribution in [0.5, 0.6) is 11.5 Å². The van der Waals surface area contributed by atoms with Crippen molar-refractivity contribution >= 4 is 27.5 Å². The first-order valence-electron chi connectivity index (χ1n) is 12.5. The number of rotatable bonds is 12. The van der Waals surface area contributed by atoms with Crippen molar-refractivity contribution in [2.75, 3.05) is 31.6 Å². The van der Waals surface area contributed by atoms with Crippen molar-refractivity contribution in [2.24, 2.45) is 0 Å². The van der Waals surface area contributed by atoms with Crippen molar-refractivity contribution in [1.82, 2.24) is 10.2 Å². The molecule has 3 rings (SSSR count). The van der Waals surface area contributed by atoms with E-state index in [-0.39, 0.29) is 17.3 Å². The lowest BCUT2D eigenvalue weighted by molar-refractivity contribution is -0.139. The number of benzene rings is 3. The van der Waals surface area contributed by atoms with E-state index in [0.29, 0.717) is 23.7 Å². The molecule has 1 atom stereocenters. The van der Waals surface area contributed by atoms with Gasteiger partial charge in [0.1, 0.15) is 24.1 Å². The van der Waals surface area contributed by atoms with Crippen molar-refractivity contribution in [3.05, 3.63) is 83.9 Å². The molecule has 0 radical (unpaired) electrons. The van der Waals surface area contributed by atoms with Gasteiger partial charge in [0.2, 0.25) is 11.8 Å². The number of carbonyl (C=O) groups excluding carboxylic acids is 2. The second kappa shape index (κ2) is 13.1. The monoisotopic (exact) mass is 553 g/mol. The normalized spacial score (nSPS) is 11.8. The first kappa shape index (κ1) is 29.5. The molecule has 0 saturated carbocycles. The predicted molar refractivity (Wildman–Crippen MR) is 150 cm³/mol. The smallest absolute Gasteiger partial charge is 0.264 e. The molecular weight excluding hydrogens is 518 g/mol. The minimum atomic E-state index is -4.15. The Hall–Kier alpha value is -4.05. The molecule has 0 bridgehead atoms. The molecular formula is C29H35N3O6S. The minimum Gasteiger partial charge on any atom is -0.497 e. The second-order valence-corrected chi connectivity index (χ2v) is 10.8. The molecule has 0 aliphatic heterocycles. The van der Waals surface area contributed by atoms with E-state index in [1.165, 1.54) is 24.1 Å². The molecule has 0 fully saturated rings. The van der Waals surface area contributed by atoms with E-state index in [4.69, 9.17) is 9.47 Å². The van der Waals surface area contributed by atoms with E-state index in [9.17, 15) is 18.0 Å². The molecule has 0 aliphatic rings. The largest absolute Gasteiger partial charge is 0.497 e. The fraction of sp³-hybridized carbons (Fsp3) is 0.310. The van der Waals surface area contributed by atoms with E-state index in [0.717, 1.165) is 15.4 Å². The zero-order chi connectivity index (χ0) is 28.6. The SMILES string of the molecule is CCNC(=O)C(C)N(Cc1ccc(OC)cc1)C(=O)CN(c1ccc(C)cc1)S(=O)(=O)c1ccc(OC)cc1. The lowest BCUT2D eigenvalue weighted by Crippen LogP contribution is -2.51. The van der Waals surface area contributed by atoms with Gasteiger partial charge in [0.15, 0.2) is 0 Å². The van der Waals surface area contributed by atoms with E-state index >= 15 is 0 Å². The Morgan fingerprint density at radius 2 is 1.41 bits per heavy atom. The Morgan fingerprint density at radius 1 is 0.872 bits per heavy atom. The van der Waals surface area contributed by atoms with Gasteiger partial charge >= 0.3 is 0 Å². The average Bonchev–Trinajstić information content (AvgIpc) is 2.95. The lowest BCUT2D eigenvalue weighted by Gasteiger charge is -2.32. The molecule has 0 saturated heterocycles. The summed E-state index contributed by atoms with van der Waals surface area (Å²) >= 11 is 0. The predicted octanol–water partition coefficient (Wildman–Crippen LogP) is 3.76. The molecule has 0 aromatic heterocycles. The number of nitrogens with zero attached hydrogens (tertiary/aromatic N) is 2.